The molecule has 1 N–H and O–H groups in total. The molecule has 0 aromatic heterocycles. The van der Waals surface area contributed by atoms with E-state index in [2.05, 4.69) is 5.32 Å². The predicted octanol–water partition coefficient (Wildman–Crippen LogP) is 2.67. The van der Waals surface area contributed by atoms with Gasteiger partial charge in [-0.2, -0.15) is 0 Å². The number of alkyl halides is 1. The summed E-state index contributed by atoms with van der Waals surface area (Å²) in [6, 6.07) is -0.342. The highest BCUT2D eigenvalue weighted by atomic mass is 35.5. The van der Waals surface area contributed by atoms with Gasteiger partial charge in [-0.1, -0.05) is 11.6 Å². The van der Waals surface area contributed by atoms with E-state index in [1.807, 2.05) is 20.8 Å². The summed E-state index contributed by atoms with van der Waals surface area (Å²) >= 11 is 5.46. The predicted molar refractivity (Wildman–Crippen MR) is 74.3 cm³/mol. The molecule has 0 spiro atoms. The fourth-order valence-electron chi connectivity index (χ4n) is 3.43. The van der Waals surface area contributed by atoms with Gasteiger partial charge in [0.1, 0.15) is 5.60 Å². The van der Waals surface area contributed by atoms with Gasteiger partial charge < -0.3 is 14.8 Å². The van der Waals surface area contributed by atoms with Crippen molar-refractivity contribution in [2.24, 2.45) is 17.8 Å². The number of nitrogens with one attached hydrogen (secondary N) is 1. The monoisotopic (exact) mass is 303 g/mol. The number of hydrogen-bond donors (Lipinski definition) is 1. The lowest BCUT2D eigenvalue weighted by atomic mass is 9.84. The number of carbonyl (C=O) groups excluding carboxylic acids is 2. The maximum absolute atomic E-state index is 12.0. The van der Waals surface area contributed by atoms with Crippen molar-refractivity contribution in [3.05, 3.63) is 0 Å². The zero-order valence-electron chi connectivity index (χ0n) is 12.1. The largest absolute Gasteiger partial charge is 0.449 e. The van der Waals surface area contributed by atoms with Crippen LogP contribution in [0.5, 0.6) is 0 Å². The molecule has 114 valence electrons. The van der Waals surface area contributed by atoms with E-state index >= 15 is 0 Å². The molecule has 0 heterocycles. The van der Waals surface area contributed by atoms with Crippen molar-refractivity contribution in [1.82, 2.24) is 5.32 Å². The van der Waals surface area contributed by atoms with Gasteiger partial charge in [0, 0.05) is 6.04 Å². The molecule has 0 aromatic rings. The Morgan fingerprint density at radius 1 is 1.25 bits per heavy atom. The van der Waals surface area contributed by atoms with Crippen LogP contribution < -0.4 is 5.32 Å². The zero-order chi connectivity index (χ0) is 14.9. The number of halogens is 1. The highest BCUT2D eigenvalue weighted by Gasteiger charge is 2.52. The molecule has 2 aliphatic carbocycles. The fourth-order valence-corrected chi connectivity index (χ4v) is 3.54. The molecule has 0 saturated heterocycles. The average Bonchev–Trinajstić information content (AvgIpc) is 2.86. The van der Waals surface area contributed by atoms with Crippen LogP contribution >= 0.6 is 11.6 Å². The highest BCUT2D eigenvalue weighted by Crippen LogP contribution is 2.49. The van der Waals surface area contributed by atoms with E-state index in [0.717, 1.165) is 19.3 Å². The molecule has 2 rings (SSSR count). The van der Waals surface area contributed by atoms with Crippen LogP contribution in [0.15, 0.2) is 0 Å². The van der Waals surface area contributed by atoms with Crippen molar-refractivity contribution >= 4 is 23.7 Å². The fraction of sp³-hybridized carbons (Fsp3) is 0.857. The van der Waals surface area contributed by atoms with Crippen LogP contribution in [-0.4, -0.2) is 29.8 Å². The molecule has 6 heteroatoms. The zero-order valence-corrected chi connectivity index (χ0v) is 12.9. The lowest BCUT2D eigenvalue weighted by Gasteiger charge is -2.30. The minimum Gasteiger partial charge on any atom is -0.449 e. The summed E-state index contributed by atoms with van der Waals surface area (Å²) in [5.74, 6) is 0.0179. The van der Waals surface area contributed by atoms with E-state index in [1.165, 1.54) is 0 Å². The minimum absolute atomic E-state index is 0.147. The van der Waals surface area contributed by atoms with E-state index in [1.54, 1.807) is 0 Å². The molecular formula is C14H22ClNO4. The molecule has 2 bridgehead atoms. The first-order valence-corrected chi connectivity index (χ1v) is 7.57. The Balaban J connectivity index is 2.01. The Kier molecular flexibility index (Phi) is 4.47. The second-order valence-corrected chi connectivity index (χ2v) is 6.82. The maximum atomic E-state index is 12.0. The van der Waals surface area contributed by atoms with Crippen molar-refractivity contribution in [2.45, 2.75) is 51.7 Å². The standard InChI is InChI=1S/C14H22ClNO4/c1-14(2,3)20-13(18)16-11-9-5-4-8(6-9)10(11)12(17)19-7-15/h8-11H,4-7H2,1-3H3,(H,16,18)/t8?,9?,10-,11-/m0/s1. The number of ether oxygens (including phenoxy) is 2. The molecule has 1 amide bonds. The Hall–Kier alpha value is -0.970. The van der Waals surface area contributed by atoms with E-state index < -0.39 is 11.7 Å². The van der Waals surface area contributed by atoms with Crippen LogP contribution in [0.4, 0.5) is 4.79 Å². The summed E-state index contributed by atoms with van der Waals surface area (Å²) in [7, 11) is 0. The molecule has 20 heavy (non-hydrogen) atoms. The van der Waals surface area contributed by atoms with Crippen LogP contribution in [-0.2, 0) is 14.3 Å². The van der Waals surface area contributed by atoms with Crippen LogP contribution in [0.2, 0.25) is 0 Å². The molecule has 0 radical (unpaired) electrons. The lowest BCUT2D eigenvalue weighted by Crippen LogP contribution is -2.48. The summed E-state index contributed by atoms with van der Waals surface area (Å²) in [5.41, 5.74) is -0.548. The third kappa shape index (κ3) is 3.37. The van der Waals surface area contributed by atoms with E-state index in [4.69, 9.17) is 21.1 Å². The molecule has 0 aromatic carbocycles. The third-order valence-corrected chi connectivity index (χ3v) is 4.18. The van der Waals surface area contributed by atoms with Gasteiger partial charge in [-0.05, 0) is 51.9 Å². The SMILES string of the molecule is CC(C)(C)OC(=O)N[C@H]1C2CCC(C2)[C@@H]1C(=O)OCCl. The Morgan fingerprint density at radius 2 is 1.90 bits per heavy atom. The summed E-state index contributed by atoms with van der Waals surface area (Å²) in [4.78, 5) is 23.9. The van der Waals surface area contributed by atoms with Gasteiger partial charge in [0.15, 0.2) is 6.07 Å². The van der Waals surface area contributed by atoms with Gasteiger partial charge in [-0.3, -0.25) is 4.79 Å². The summed E-state index contributed by atoms with van der Waals surface area (Å²) in [5, 5.41) is 2.85. The van der Waals surface area contributed by atoms with Crippen molar-refractivity contribution in [1.29, 1.82) is 0 Å². The number of rotatable bonds is 3. The quantitative estimate of drug-likeness (QED) is 0.643. The molecule has 4 atom stereocenters. The average molecular weight is 304 g/mol. The second-order valence-electron chi connectivity index (χ2n) is 6.60. The number of hydrogen-bond acceptors (Lipinski definition) is 4. The topological polar surface area (TPSA) is 64.6 Å². The van der Waals surface area contributed by atoms with Crippen LogP contribution in [0.1, 0.15) is 40.0 Å². The maximum Gasteiger partial charge on any atom is 0.407 e. The van der Waals surface area contributed by atoms with Gasteiger partial charge in [-0.25, -0.2) is 4.79 Å². The Labute approximate surface area is 124 Å². The van der Waals surface area contributed by atoms with E-state index in [-0.39, 0.29) is 29.9 Å². The third-order valence-electron chi connectivity index (χ3n) is 4.07. The Morgan fingerprint density at radius 3 is 2.50 bits per heavy atom. The van der Waals surface area contributed by atoms with Crippen LogP contribution in [0.25, 0.3) is 0 Å². The van der Waals surface area contributed by atoms with Gasteiger partial charge in [-0.15, -0.1) is 0 Å². The van der Waals surface area contributed by atoms with Crippen LogP contribution in [0, 0.1) is 17.8 Å². The second kappa shape index (κ2) is 5.80. The molecule has 2 aliphatic rings. The first-order valence-electron chi connectivity index (χ1n) is 7.04. The first kappa shape index (κ1) is 15.4. The van der Waals surface area contributed by atoms with Crippen LogP contribution in [0.3, 0.4) is 0 Å². The number of alkyl carbamates (subject to hydrolysis) is 1. The van der Waals surface area contributed by atoms with Crippen molar-refractivity contribution in [3.8, 4) is 0 Å². The molecular weight excluding hydrogens is 282 g/mol. The van der Waals surface area contributed by atoms with Gasteiger partial charge >= 0.3 is 12.1 Å². The number of carbonyl (C=O) groups is 2. The van der Waals surface area contributed by atoms with E-state index in [9.17, 15) is 9.59 Å². The Bertz CT molecular complexity index is 393. The van der Waals surface area contributed by atoms with Gasteiger partial charge in [0.05, 0.1) is 5.92 Å². The summed E-state index contributed by atoms with van der Waals surface area (Å²) in [6.45, 7) is 5.44. The summed E-state index contributed by atoms with van der Waals surface area (Å²) < 4.78 is 10.2. The molecule has 5 nitrogen and oxygen atoms in total. The van der Waals surface area contributed by atoms with Gasteiger partial charge in [0.2, 0.25) is 0 Å². The van der Waals surface area contributed by atoms with Gasteiger partial charge in [0.25, 0.3) is 0 Å². The lowest BCUT2D eigenvalue weighted by molar-refractivity contribution is -0.149. The molecule has 2 saturated carbocycles. The van der Waals surface area contributed by atoms with Crippen molar-refractivity contribution in [3.63, 3.8) is 0 Å². The number of esters is 1. The first-order chi connectivity index (χ1) is 9.31. The normalized spacial score (nSPS) is 32.0. The number of fused-ring (bicyclic) bond motifs is 2. The summed E-state index contributed by atoms with van der Waals surface area (Å²) in [6.07, 6.45) is 2.54. The van der Waals surface area contributed by atoms with Crippen molar-refractivity contribution in [2.75, 3.05) is 6.07 Å². The molecule has 2 fully saturated rings. The molecule has 2 unspecified atom stereocenters. The number of amides is 1. The molecule has 0 aliphatic heterocycles. The highest BCUT2D eigenvalue weighted by molar-refractivity contribution is 6.17. The van der Waals surface area contributed by atoms with Crippen molar-refractivity contribution < 1.29 is 19.1 Å². The van der Waals surface area contributed by atoms with E-state index in [0.29, 0.717) is 5.92 Å². The smallest absolute Gasteiger partial charge is 0.407 e. The minimum atomic E-state index is -0.548.